The second kappa shape index (κ2) is 6.63. The van der Waals surface area contributed by atoms with E-state index >= 15 is 0 Å². The van der Waals surface area contributed by atoms with E-state index in [4.69, 9.17) is 4.98 Å². The van der Waals surface area contributed by atoms with E-state index in [1.165, 1.54) is 0 Å². The SMILES string of the molecule is c1cnc2nc(-c3ccc4c[n+](-c5ccc6nccnc6c5)ncc4c3)ccc2c1. The monoisotopic (exact) mass is 387 g/mol. The molecule has 6 nitrogen and oxygen atoms in total. The van der Waals surface area contributed by atoms with E-state index in [1.54, 1.807) is 18.6 Å². The summed E-state index contributed by atoms with van der Waals surface area (Å²) in [5.74, 6) is 0. The molecular formula is C24H15N6+. The Kier molecular flexibility index (Phi) is 3.67. The zero-order chi connectivity index (χ0) is 19.9. The molecule has 0 fully saturated rings. The van der Waals surface area contributed by atoms with E-state index in [2.05, 4.69) is 44.3 Å². The maximum atomic E-state index is 4.70. The molecule has 2 aromatic carbocycles. The highest BCUT2D eigenvalue weighted by atomic mass is 15.3. The quantitative estimate of drug-likeness (QED) is 0.419. The molecule has 30 heavy (non-hydrogen) atoms. The lowest BCUT2D eigenvalue weighted by Gasteiger charge is -2.04. The molecule has 0 N–H and O–H groups in total. The molecule has 6 heteroatoms. The number of benzene rings is 2. The van der Waals surface area contributed by atoms with E-state index in [0.717, 1.165) is 49.8 Å². The first kappa shape index (κ1) is 16.6. The van der Waals surface area contributed by atoms with Crippen LogP contribution in [0.15, 0.2) is 91.6 Å². The lowest BCUT2D eigenvalue weighted by atomic mass is 10.1. The van der Waals surface area contributed by atoms with Gasteiger partial charge in [-0.2, -0.15) is 0 Å². The van der Waals surface area contributed by atoms with Crippen molar-refractivity contribution in [2.75, 3.05) is 0 Å². The maximum absolute atomic E-state index is 4.70. The fourth-order valence-electron chi connectivity index (χ4n) is 3.60. The van der Waals surface area contributed by atoms with Crippen LogP contribution in [0.25, 0.3) is 49.8 Å². The van der Waals surface area contributed by atoms with Crippen LogP contribution in [0.5, 0.6) is 0 Å². The molecule has 0 saturated heterocycles. The summed E-state index contributed by atoms with van der Waals surface area (Å²) in [6, 6.07) is 20.2. The highest BCUT2D eigenvalue weighted by Crippen LogP contribution is 2.24. The normalized spacial score (nSPS) is 11.3. The Bertz CT molecular complexity index is 1440. The van der Waals surface area contributed by atoms with Crippen LogP contribution in [0.3, 0.4) is 0 Å². The average molecular weight is 387 g/mol. The van der Waals surface area contributed by atoms with Crippen LogP contribution in [-0.2, 0) is 0 Å². The van der Waals surface area contributed by atoms with Gasteiger partial charge < -0.3 is 0 Å². The first-order valence-electron chi connectivity index (χ1n) is 9.59. The molecule has 140 valence electrons. The molecule has 0 aliphatic heterocycles. The molecule has 0 bridgehead atoms. The molecule has 0 spiro atoms. The topological polar surface area (TPSA) is 68.3 Å². The summed E-state index contributed by atoms with van der Waals surface area (Å²) in [7, 11) is 0. The lowest BCUT2D eigenvalue weighted by molar-refractivity contribution is -0.658. The molecule has 6 aromatic rings. The van der Waals surface area contributed by atoms with E-state index < -0.39 is 0 Å². The Balaban J connectivity index is 1.41. The van der Waals surface area contributed by atoms with Gasteiger partial charge in [-0.15, -0.1) is 0 Å². The van der Waals surface area contributed by atoms with Crippen molar-refractivity contribution in [1.29, 1.82) is 0 Å². The van der Waals surface area contributed by atoms with E-state index in [1.807, 2.05) is 53.5 Å². The van der Waals surface area contributed by atoms with Crippen LogP contribution in [-0.4, -0.2) is 25.0 Å². The smallest absolute Gasteiger partial charge is 0.240 e. The molecule has 0 radical (unpaired) electrons. The van der Waals surface area contributed by atoms with Crippen LogP contribution in [0.1, 0.15) is 0 Å². The highest BCUT2D eigenvalue weighted by molar-refractivity contribution is 5.86. The largest absolute Gasteiger partial charge is 0.253 e. The average Bonchev–Trinajstić information content (AvgIpc) is 2.83. The van der Waals surface area contributed by atoms with Crippen molar-refractivity contribution in [3.8, 4) is 16.9 Å². The zero-order valence-electron chi connectivity index (χ0n) is 15.8. The van der Waals surface area contributed by atoms with Gasteiger partial charge in [0, 0.05) is 47.1 Å². The molecule has 0 unspecified atom stereocenters. The highest BCUT2D eigenvalue weighted by Gasteiger charge is 2.12. The van der Waals surface area contributed by atoms with Gasteiger partial charge in [-0.1, -0.05) is 10.7 Å². The van der Waals surface area contributed by atoms with E-state index in [0.29, 0.717) is 0 Å². The van der Waals surface area contributed by atoms with Crippen LogP contribution in [0.2, 0.25) is 0 Å². The van der Waals surface area contributed by atoms with Crippen molar-refractivity contribution in [3.63, 3.8) is 0 Å². The molecule has 0 aliphatic rings. The van der Waals surface area contributed by atoms with Gasteiger partial charge in [0.05, 0.1) is 22.1 Å². The van der Waals surface area contributed by atoms with Crippen molar-refractivity contribution in [2.45, 2.75) is 0 Å². The Morgan fingerprint density at radius 3 is 2.53 bits per heavy atom. The number of pyridine rings is 2. The van der Waals surface area contributed by atoms with Crippen LogP contribution >= 0.6 is 0 Å². The number of hydrogen-bond acceptors (Lipinski definition) is 5. The van der Waals surface area contributed by atoms with Gasteiger partial charge in [0.15, 0.2) is 5.65 Å². The zero-order valence-corrected chi connectivity index (χ0v) is 15.8. The summed E-state index contributed by atoms with van der Waals surface area (Å²) in [6.07, 6.45) is 9.05. The first-order chi connectivity index (χ1) is 14.8. The van der Waals surface area contributed by atoms with Crippen LogP contribution in [0, 0.1) is 0 Å². The fraction of sp³-hybridized carbons (Fsp3) is 0. The second-order valence-electron chi connectivity index (χ2n) is 7.04. The number of rotatable bonds is 2. The Labute approximate surface area is 171 Å². The number of hydrogen-bond donors (Lipinski definition) is 0. The molecule has 4 aromatic heterocycles. The predicted octanol–water partition coefficient (Wildman–Crippen LogP) is 4.06. The summed E-state index contributed by atoms with van der Waals surface area (Å²) < 4.78 is 1.86. The molecule has 6 rings (SSSR count). The lowest BCUT2D eigenvalue weighted by Crippen LogP contribution is -2.34. The van der Waals surface area contributed by atoms with Gasteiger partial charge in [0.1, 0.15) is 6.20 Å². The van der Waals surface area contributed by atoms with Crippen LogP contribution in [0.4, 0.5) is 0 Å². The van der Waals surface area contributed by atoms with Gasteiger partial charge >= 0.3 is 0 Å². The van der Waals surface area contributed by atoms with Crippen molar-refractivity contribution in [3.05, 3.63) is 91.6 Å². The standard InChI is InChI=1S/C24H15N6/c1-2-16-5-7-21(29-24(16)27-9-1)17-3-4-18-15-30(28-14-19(18)12-17)20-6-8-22-23(13-20)26-11-10-25-22/h1-15H/q+1. The van der Waals surface area contributed by atoms with Crippen molar-refractivity contribution in [2.24, 2.45) is 0 Å². The minimum atomic E-state index is 0.749. The third kappa shape index (κ3) is 2.82. The maximum Gasteiger partial charge on any atom is 0.240 e. The molecule has 0 amide bonds. The summed E-state index contributed by atoms with van der Waals surface area (Å²) in [4.78, 5) is 17.8. The minimum Gasteiger partial charge on any atom is -0.253 e. The first-order valence-corrected chi connectivity index (χ1v) is 9.59. The van der Waals surface area contributed by atoms with Gasteiger partial charge in [-0.25, -0.2) is 9.97 Å². The predicted molar refractivity (Wildman–Crippen MR) is 115 cm³/mol. The van der Waals surface area contributed by atoms with Crippen molar-refractivity contribution < 1.29 is 4.68 Å². The van der Waals surface area contributed by atoms with Gasteiger partial charge in [-0.05, 0) is 47.6 Å². The van der Waals surface area contributed by atoms with E-state index in [9.17, 15) is 0 Å². The molecular weight excluding hydrogens is 372 g/mol. The Morgan fingerprint density at radius 2 is 1.57 bits per heavy atom. The van der Waals surface area contributed by atoms with Gasteiger partial charge in [0.25, 0.3) is 0 Å². The third-order valence-corrected chi connectivity index (χ3v) is 5.15. The number of nitrogens with zero attached hydrogens (tertiary/aromatic N) is 6. The van der Waals surface area contributed by atoms with Crippen molar-refractivity contribution in [1.82, 2.24) is 25.0 Å². The summed E-state index contributed by atoms with van der Waals surface area (Å²) in [5, 5.41) is 7.77. The summed E-state index contributed by atoms with van der Waals surface area (Å²) in [6.45, 7) is 0. The van der Waals surface area contributed by atoms with Crippen molar-refractivity contribution >= 4 is 32.8 Å². The molecule has 0 aliphatic carbocycles. The van der Waals surface area contributed by atoms with E-state index in [-0.39, 0.29) is 0 Å². The molecule has 0 saturated carbocycles. The molecule has 4 heterocycles. The summed E-state index contributed by atoms with van der Waals surface area (Å²) >= 11 is 0. The second-order valence-corrected chi connectivity index (χ2v) is 7.04. The van der Waals surface area contributed by atoms with Gasteiger partial charge in [0.2, 0.25) is 11.9 Å². The Morgan fingerprint density at radius 1 is 0.667 bits per heavy atom. The van der Waals surface area contributed by atoms with Crippen LogP contribution < -0.4 is 4.68 Å². The minimum absolute atomic E-state index is 0.749. The Hall–Kier alpha value is -4.32. The van der Waals surface area contributed by atoms with Gasteiger partial charge in [-0.3, -0.25) is 9.97 Å². The summed E-state index contributed by atoms with van der Waals surface area (Å²) in [5.41, 5.74) is 5.33. The number of aromatic nitrogens is 6. The number of fused-ring (bicyclic) bond motifs is 3. The fourth-order valence-corrected chi connectivity index (χ4v) is 3.60. The third-order valence-electron chi connectivity index (χ3n) is 5.15. The molecule has 0 atom stereocenters.